The van der Waals surface area contributed by atoms with Crippen molar-refractivity contribution < 1.29 is 8.78 Å². The zero-order valence-electron chi connectivity index (χ0n) is 11.4. The Bertz CT molecular complexity index is 581. The first-order chi connectivity index (χ1) is 9.54. The van der Waals surface area contributed by atoms with Crippen LogP contribution in [-0.2, 0) is 12.8 Å². The van der Waals surface area contributed by atoms with Crippen molar-refractivity contribution in [3.8, 4) is 0 Å². The zero-order valence-corrected chi connectivity index (χ0v) is 13.0. The first-order valence-electron chi connectivity index (χ1n) is 6.68. The second kappa shape index (κ2) is 6.98. The molecular formula is C17H17BrF2. The second-order valence-corrected chi connectivity index (χ2v) is 6.37. The van der Waals surface area contributed by atoms with Gasteiger partial charge in [0.05, 0.1) is 0 Å². The highest BCUT2D eigenvalue weighted by molar-refractivity contribution is 9.09. The molecule has 0 aliphatic carbocycles. The lowest BCUT2D eigenvalue weighted by atomic mass is 10.0. The monoisotopic (exact) mass is 338 g/mol. The molecule has 0 amide bonds. The second-order valence-electron chi connectivity index (χ2n) is 5.08. The Morgan fingerprint density at radius 2 is 1.80 bits per heavy atom. The van der Waals surface area contributed by atoms with Crippen LogP contribution in [0.2, 0.25) is 0 Å². The van der Waals surface area contributed by atoms with E-state index in [2.05, 4.69) is 47.1 Å². The smallest absolute Gasteiger partial charge is 0.159 e. The van der Waals surface area contributed by atoms with Crippen molar-refractivity contribution in [3.63, 3.8) is 0 Å². The van der Waals surface area contributed by atoms with Crippen LogP contribution in [0, 0.1) is 18.6 Å². The minimum Gasteiger partial charge on any atom is -0.204 e. The Kier molecular flexibility index (Phi) is 5.30. The van der Waals surface area contributed by atoms with Crippen molar-refractivity contribution in [3.05, 3.63) is 70.8 Å². The quantitative estimate of drug-likeness (QED) is 0.656. The summed E-state index contributed by atoms with van der Waals surface area (Å²) in [5.74, 6) is -1.57. The van der Waals surface area contributed by atoms with Gasteiger partial charge in [-0.1, -0.05) is 51.8 Å². The van der Waals surface area contributed by atoms with Crippen LogP contribution in [-0.4, -0.2) is 4.83 Å². The summed E-state index contributed by atoms with van der Waals surface area (Å²) in [5.41, 5.74) is 3.38. The van der Waals surface area contributed by atoms with Gasteiger partial charge >= 0.3 is 0 Å². The van der Waals surface area contributed by atoms with Gasteiger partial charge in [-0.25, -0.2) is 8.78 Å². The Balaban J connectivity index is 1.89. The summed E-state index contributed by atoms with van der Waals surface area (Å²) in [5, 5.41) is 0. The normalized spacial score (nSPS) is 12.4. The minimum atomic E-state index is -0.792. The average Bonchev–Trinajstić information content (AvgIpc) is 2.41. The van der Waals surface area contributed by atoms with Crippen molar-refractivity contribution in [2.24, 2.45) is 0 Å². The third kappa shape index (κ3) is 4.41. The van der Waals surface area contributed by atoms with Crippen LogP contribution in [0.3, 0.4) is 0 Å². The predicted octanol–water partition coefficient (Wildman–Crippen LogP) is 5.21. The molecule has 0 nitrogen and oxygen atoms in total. The van der Waals surface area contributed by atoms with Crippen LogP contribution in [0.4, 0.5) is 8.78 Å². The molecule has 0 heterocycles. The van der Waals surface area contributed by atoms with Gasteiger partial charge in [0.2, 0.25) is 0 Å². The molecule has 0 bridgehead atoms. The summed E-state index contributed by atoms with van der Waals surface area (Å²) in [6.07, 6.45) is 2.63. The van der Waals surface area contributed by atoms with Crippen LogP contribution in [0.5, 0.6) is 0 Å². The highest BCUT2D eigenvalue weighted by Crippen LogP contribution is 2.18. The molecule has 0 fully saturated rings. The van der Waals surface area contributed by atoms with Crippen molar-refractivity contribution in [1.82, 2.24) is 0 Å². The molecule has 0 aromatic heterocycles. The highest BCUT2D eigenvalue weighted by Gasteiger charge is 2.09. The Labute approximate surface area is 127 Å². The van der Waals surface area contributed by atoms with E-state index in [1.807, 2.05) is 0 Å². The maximum absolute atomic E-state index is 13.1. The van der Waals surface area contributed by atoms with Crippen molar-refractivity contribution in [2.45, 2.75) is 31.0 Å². The number of hydrogen-bond donors (Lipinski definition) is 0. The van der Waals surface area contributed by atoms with Gasteiger partial charge in [0.25, 0.3) is 0 Å². The third-order valence-electron chi connectivity index (χ3n) is 3.27. The summed E-state index contributed by atoms with van der Waals surface area (Å²) < 4.78 is 26.0. The van der Waals surface area contributed by atoms with Crippen molar-refractivity contribution in [1.29, 1.82) is 0 Å². The molecule has 106 valence electrons. The number of hydrogen-bond acceptors (Lipinski definition) is 0. The molecule has 2 aromatic rings. The Morgan fingerprint density at radius 3 is 2.50 bits per heavy atom. The molecule has 0 radical (unpaired) electrons. The van der Waals surface area contributed by atoms with Gasteiger partial charge < -0.3 is 0 Å². The van der Waals surface area contributed by atoms with E-state index < -0.39 is 11.6 Å². The van der Waals surface area contributed by atoms with Crippen molar-refractivity contribution in [2.75, 3.05) is 0 Å². The predicted molar refractivity (Wildman–Crippen MR) is 82.3 cm³/mol. The first kappa shape index (κ1) is 15.2. The van der Waals surface area contributed by atoms with Gasteiger partial charge in [0, 0.05) is 4.83 Å². The van der Waals surface area contributed by atoms with E-state index in [9.17, 15) is 8.78 Å². The average molecular weight is 339 g/mol. The summed E-state index contributed by atoms with van der Waals surface area (Å²) in [6, 6.07) is 12.5. The molecule has 0 saturated heterocycles. The van der Waals surface area contributed by atoms with E-state index in [0.29, 0.717) is 6.42 Å². The lowest BCUT2D eigenvalue weighted by Crippen LogP contribution is -2.05. The molecule has 0 spiro atoms. The van der Waals surface area contributed by atoms with Gasteiger partial charge in [-0.05, 0) is 49.4 Å². The van der Waals surface area contributed by atoms with Crippen molar-refractivity contribution >= 4 is 15.9 Å². The largest absolute Gasteiger partial charge is 0.204 e. The summed E-state index contributed by atoms with van der Waals surface area (Å²) in [7, 11) is 0. The standard InChI is InChI=1S/C17H17BrF2/c1-12-3-2-4-13(9-12)5-7-15(18)10-14-6-8-16(19)17(20)11-14/h2-4,6,8-9,11,15H,5,7,10H2,1H3. The fourth-order valence-corrected chi connectivity index (χ4v) is 2.82. The van der Waals surface area contributed by atoms with Gasteiger partial charge in [-0.15, -0.1) is 0 Å². The summed E-state index contributed by atoms with van der Waals surface area (Å²) >= 11 is 3.62. The van der Waals surface area contributed by atoms with E-state index in [-0.39, 0.29) is 4.83 Å². The molecule has 20 heavy (non-hydrogen) atoms. The molecule has 0 saturated carbocycles. The molecule has 1 atom stereocenters. The van der Waals surface area contributed by atoms with Crippen LogP contribution < -0.4 is 0 Å². The van der Waals surface area contributed by atoms with Gasteiger partial charge in [0.15, 0.2) is 11.6 Å². The van der Waals surface area contributed by atoms with Gasteiger partial charge in [0.1, 0.15) is 0 Å². The van der Waals surface area contributed by atoms with Gasteiger partial charge in [-0.2, -0.15) is 0 Å². The fraction of sp³-hybridized carbons (Fsp3) is 0.294. The third-order valence-corrected chi connectivity index (χ3v) is 4.05. The first-order valence-corrected chi connectivity index (χ1v) is 7.59. The summed E-state index contributed by atoms with van der Waals surface area (Å²) in [4.78, 5) is 0.257. The summed E-state index contributed by atoms with van der Waals surface area (Å²) in [6.45, 7) is 2.08. The maximum Gasteiger partial charge on any atom is 0.159 e. The molecule has 0 aliphatic rings. The van der Waals surface area contributed by atoms with E-state index in [4.69, 9.17) is 0 Å². The maximum atomic E-state index is 13.1. The minimum absolute atomic E-state index is 0.257. The number of aryl methyl sites for hydroxylation is 2. The zero-order chi connectivity index (χ0) is 14.5. The number of benzene rings is 2. The van der Waals surface area contributed by atoms with Crippen LogP contribution in [0.15, 0.2) is 42.5 Å². The number of halogens is 3. The van der Waals surface area contributed by atoms with E-state index in [1.54, 1.807) is 6.07 Å². The molecule has 1 unspecified atom stereocenters. The molecule has 2 rings (SSSR count). The SMILES string of the molecule is Cc1cccc(CCC(Br)Cc2ccc(F)c(F)c2)c1. The molecule has 2 aromatic carbocycles. The topological polar surface area (TPSA) is 0 Å². The van der Waals surface area contributed by atoms with Crippen LogP contribution >= 0.6 is 15.9 Å². The Hall–Kier alpha value is -1.22. The van der Waals surface area contributed by atoms with Gasteiger partial charge in [-0.3, -0.25) is 0 Å². The highest BCUT2D eigenvalue weighted by atomic mass is 79.9. The van der Waals surface area contributed by atoms with Crippen LogP contribution in [0.25, 0.3) is 0 Å². The molecule has 0 aliphatic heterocycles. The lowest BCUT2D eigenvalue weighted by Gasteiger charge is -2.10. The number of alkyl halides is 1. The fourth-order valence-electron chi connectivity index (χ4n) is 2.22. The van der Waals surface area contributed by atoms with E-state index >= 15 is 0 Å². The molecule has 3 heteroatoms. The lowest BCUT2D eigenvalue weighted by molar-refractivity contribution is 0.507. The Morgan fingerprint density at radius 1 is 1.00 bits per heavy atom. The number of rotatable bonds is 5. The molecule has 0 N–H and O–H groups in total. The van der Waals surface area contributed by atoms with E-state index in [1.165, 1.54) is 23.3 Å². The molecular weight excluding hydrogens is 322 g/mol. The van der Waals surface area contributed by atoms with E-state index in [0.717, 1.165) is 18.4 Å². The van der Waals surface area contributed by atoms with Crippen LogP contribution in [0.1, 0.15) is 23.1 Å².